The Balaban J connectivity index is 1.38. The molecule has 0 aliphatic carbocycles. The van der Waals surface area contributed by atoms with Crippen molar-refractivity contribution in [2.45, 2.75) is 0 Å². The summed E-state index contributed by atoms with van der Waals surface area (Å²) in [5, 5.41) is 4.51. The van der Waals surface area contributed by atoms with Crippen LogP contribution in [0.25, 0.3) is 28.2 Å². The summed E-state index contributed by atoms with van der Waals surface area (Å²) in [5.41, 5.74) is 3.34. The van der Waals surface area contributed by atoms with Crippen LogP contribution in [0.15, 0.2) is 81.3 Å². The van der Waals surface area contributed by atoms with Crippen molar-refractivity contribution in [3.05, 3.63) is 77.7 Å². The van der Waals surface area contributed by atoms with Crippen molar-refractivity contribution in [3.63, 3.8) is 0 Å². The quantitative estimate of drug-likeness (QED) is 0.391. The Kier molecular flexibility index (Phi) is 5.58. The second-order valence-corrected chi connectivity index (χ2v) is 8.20. The van der Waals surface area contributed by atoms with Crippen molar-refractivity contribution in [1.29, 1.82) is 0 Å². The lowest BCUT2D eigenvalue weighted by atomic mass is 10.1. The van der Waals surface area contributed by atoms with E-state index in [0.717, 1.165) is 33.7 Å². The summed E-state index contributed by atoms with van der Waals surface area (Å²) in [4.78, 5) is 21.4. The number of aliphatic imine (C=N–C) groups is 1. The molecule has 1 aliphatic rings. The van der Waals surface area contributed by atoms with Gasteiger partial charge in [0.2, 0.25) is 0 Å². The minimum atomic E-state index is -0.315. The first-order chi connectivity index (χ1) is 16.1. The molecule has 0 saturated carbocycles. The molecule has 33 heavy (non-hydrogen) atoms. The summed E-state index contributed by atoms with van der Waals surface area (Å²) in [6, 6.07) is 17.0. The van der Waals surface area contributed by atoms with Gasteiger partial charge in [-0.3, -0.25) is 9.78 Å². The van der Waals surface area contributed by atoms with Crippen LogP contribution in [0.5, 0.6) is 11.5 Å². The smallest absolute Gasteiger partial charge is 0.286 e. The molecule has 4 aromatic rings. The Labute approximate surface area is 194 Å². The monoisotopic (exact) mass is 457 g/mol. The minimum absolute atomic E-state index is 0.315. The molecule has 1 N–H and O–H groups in total. The van der Waals surface area contributed by atoms with Crippen LogP contribution in [0, 0.1) is 0 Å². The van der Waals surface area contributed by atoms with Crippen LogP contribution in [0.4, 0.5) is 5.69 Å². The molecule has 0 fully saturated rings. The van der Waals surface area contributed by atoms with Crippen molar-refractivity contribution >= 4 is 45.6 Å². The Bertz CT molecular complexity index is 1390. The molecule has 8 heteroatoms. The number of rotatable bonds is 5. The molecule has 2 aromatic heterocycles. The van der Waals surface area contributed by atoms with E-state index in [0.29, 0.717) is 21.4 Å². The summed E-state index contributed by atoms with van der Waals surface area (Å²) in [7, 11) is 3.25. The van der Waals surface area contributed by atoms with Gasteiger partial charge >= 0.3 is 0 Å². The number of fused-ring (bicyclic) bond motifs is 1. The summed E-state index contributed by atoms with van der Waals surface area (Å²) in [5.74, 6) is 1.78. The van der Waals surface area contributed by atoms with Gasteiger partial charge in [0.05, 0.1) is 19.1 Å². The molecule has 1 amide bonds. The molecule has 5 rings (SSSR count). The molecule has 7 nitrogen and oxygen atoms in total. The van der Waals surface area contributed by atoms with E-state index in [1.54, 1.807) is 32.7 Å². The largest absolute Gasteiger partial charge is 0.497 e. The van der Waals surface area contributed by atoms with Crippen LogP contribution in [0.2, 0.25) is 0 Å². The van der Waals surface area contributed by atoms with Gasteiger partial charge < -0.3 is 19.2 Å². The van der Waals surface area contributed by atoms with E-state index in [1.807, 2.05) is 54.6 Å². The van der Waals surface area contributed by atoms with E-state index >= 15 is 0 Å². The number of nitrogens with one attached hydrogen (secondary N) is 1. The highest BCUT2D eigenvalue weighted by Gasteiger charge is 2.23. The zero-order valence-corrected chi connectivity index (χ0v) is 18.7. The molecule has 2 aromatic carbocycles. The zero-order chi connectivity index (χ0) is 22.8. The Hall–Kier alpha value is -4.04. The maximum Gasteiger partial charge on any atom is 0.286 e. The number of hydrogen-bond donors (Lipinski definition) is 1. The Morgan fingerprint density at radius 3 is 2.36 bits per heavy atom. The number of amidine groups is 1. The van der Waals surface area contributed by atoms with Crippen molar-refractivity contribution in [1.82, 2.24) is 4.98 Å². The Morgan fingerprint density at radius 1 is 0.970 bits per heavy atom. The zero-order valence-electron chi connectivity index (χ0n) is 17.9. The van der Waals surface area contributed by atoms with Crippen LogP contribution in [-0.2, 0) is 4.79 Å². The molecule has 1 aliphatic heterocycles. The van der Waals surface area contributed by atoms with E-state index in [1.165, 1.54) is 11.8 Å². The number of pyridine rings is 1. The lowest BCUT2D eigenvalue weighted by Crippen LogP contribution is -2.04. The number of aromatic nitrogens is 1. The van der Waals surface area contributed by atoms with Gasteiger partial charge in [0.1, 0.15) is 22.8 Å². The predicted molar refractivity (Wildman–Crippen MR) is 131 cm³/mol. The topological polar surface area (TPSA) is 86.0 Å². The van der Waals surface area contributed by atoms with E-state index in [-0.39, 0.29) is 5.91 Å². The van der Waals surface area contributed by atoms with Crippen LogP contribution < -0.4 is 14.8 Å². The predicted octanol–water partition coefficient (Wildman–Crippen LogP) is 5.59. The second kappa shape index (κ2) is 8.84. The van der Waals surface area contributed by atoms with Gasteiger partial charge in [0, 0.05) is 35.1 Å². The number of benzene rings is 2. The fourth-order valence-corrected chi connectivity index (χ4v) is 4.23. The molecule has 164 valence electrons. The number of methoxy groups -OCH3 is 2. The summed E-state index contributed by atoms with van der Waals surface area (Å²) in [6.45, 7) is 0. The molecule has 0 bridgehead atoms. The molecule has 0 unspecified atom stereocenters. The van der Waals surface area contributed by atoms with Gasteiger partial charge in [0.15, 0.2) is 5.17 Å². The number of carbonyl (C=O) groups is 1. The number of nitrogens with zero attached hydrogens (tertiary/aromatic N) is 2. The fraction of sp³-hybridized carbons (Fsp3) is 0.0800. The van der Waals surface area contributed by atoms with Crippen LogP contribution in [0.3, 0.4) is 0 Å². The van der Waals surface area contributed by atoms with Gasteiger partial charge in [0.25, 0.3) is 5.91 Å². The summed E-state index contributed by atoms with van der Waals surface area (Å²) >= 11 is 1.26. The van der Waals surface area contributed by atoms with Crippen molar-refractivity contribution in [3.8, 4) is 22.6 Å². The van der Waals surface area contributed by atoms with E-state index < -0.39 is 0 Å². The first kappa shape index (κ1) is 20.8. The average molecular weight is 458 g/mol. The molecular weight excluding hydrogens is 438 g/mol. The summed E-state index contributed by atoms with van der Waals surface area (Å²) in [6.07, 6.45) is 5.21. The molecule has 0 radical (unpaired) electrons. The number of anilines is 1. The van der Waals surface area contributed by atoms with Gasteiger partial charge in [-0.2, -0.15) is 4.99 Å². The number of ether oxygens (including phenoxy) is 2. The maximum absolute atomic E-state index is 12.4. The highest BCUT2D eigenvalue weighted by molar-refractivity contribution is 8.18. The van der Waals surface area contributed by atoms with Gasteiger partial charge in [-0.05, 0) is 59.8 Å². The van der Waals surface area contributed by atoms with Crippen LogP contribution in [0.1, 0.15) is 5.76 Å². The van der Waals surface area contributed by atoms with E-state index in [9.17, 15) is 4.79 Å². The number of thioether (sulfide) groups is 1. The lowest BCUT2D eigenvalue weighted by Gasteiger charge is -2.05. The molecule has 3 heterocycles. The van der Waals surface area contributed by atoms with Crippen LogP contribution in [-0.4, -0.2) is 30.3 Å². The van der Waals surface area contributed by atoms with Crippen molar-refractivity contribution in [2.75, 3.05) is 19.5 Å². The highest BCUT2D eigenvalue weighted by Crippen LogP contribution is 2.34. The molecular formula is C25H19N3O4S. The lowest BCUT2D eigenvalue weighted by molar-refractivity contribution is -0.113. The van der Waals surface area contributed by atoms with Gasteiger partial charge in [-0.25, -0.2) is 0 Å². The highest BCUT2D eigenvalue weighted by atomic mass is 32.2. The Morgan fingerprint density at radius 2 is 1.67 bits per heavy atom. The third kappa shape index (κ3) is 4.33. The normalized spacial score (nSPS) is 14.5. The SMILES string of the molecule is COc1ccc(NC2=NC(=O)C(=Cc3cc4cncc(-c5ccc(OC)cc5)c4o3)S2)cc1. The van der Waals surface area contributed by atoms with Gasteiger partial charge in [-0.1, -0.05) is 12.1 Å². The average Bonchev–Trinajstić information content (AvgIpc) is 3.42. The van der Waals surface area contributed by atoms with E-state index in [4.69, 9.17) is 13.9 Å². The molecule has 0 spiro atoms. The van der Waals surface area contributed by atoms with Crippen molar-refractivity contribution < 1.29 is 18.7 Å². The molecule has 0 atom stereocenters. The number of furan rings is 1. The third-order valence-electron chi connectivity index (χ3n) is 5.08. The molecule has 0 saturated heterocycles. The number of amides is 1. The third-order valence-corrected chi connectivity index (χ3v) is 5.98. The van der Waals surface area contributed by atoms with Crippen molar-refractivity contribution in [2.24, 2.45) is 4.99 Å². The first-order valence-corrected chi connectivity index (χ1v) is 10.9. The fourth-order valence-electron chi connectivity index (χ4n) is 3.42. The van der Waals surface area contributed by atoms with E-state index in [2.05, 4.69) is 15.3 Å². The second-order valence-electron chi connectivity index (χ2n) is 7.17. The maximum atomic E-state index is 12.4. The number of hydrogen-bond acceptors (Lipinski definition) is 7. The summed E-state index contributed by atoms with van der Waals surface area (Å²) < 4.78 is 16.5. The standard InChI is InChI=1S/C25H19N3O4S/c1-30-18-7-3-15(4-8-18)21-14-26-13-16-11-20(32-23(16)21)12-22-24(29)28-25(33-22)27-17-5-9-19(31-2)10-6-17/h3-14H,1-2H3,(H,27,28,29). The number of carbonyl (C=O) groups excluding carboxylic acids is 1. The van der Waals surface area contributed by atoms with Gasteiger partial charge in [-0.15, -0.1) is 0 Å². The minimum Gasteiger partial charge on any atom is -0.497 e. The van der Waals surface area contributed by atoms with Crippen LogP contribution >= 0.6 is 11.8 Å². The first-order valence-electron chi connectivity index (χ1n) is 10.1.